The summed E-state index contributed by atoms with van der Waals surface area (Å²) >= 11 is 0. The summed E-state index contributed by atoms with van der Waals surface area (Å²) in [6.45, 7) is 6.55. The Morgan fingerprint density at radius 3 is 2.35 bits per heavy atom. The zero-order valence-electron chi connectivity index (χ0n) is 11.5. The quantitative estimate of drug-likeness (QED) is 0.816. The van der Waals surface area contributed by atoms with E-state index in [1.807, 2.05) is 0 Å². The summed E-state index contributed by atoms with van der Waals surface area (Å²) in [6, 6.07) is 0.417. The zero-order chi connectivity index (χ0) is 12.5. The van der Waals surface area contributed by atoms with Crippen molar-refractivity contribution in [3.05, 3.63) is 0 Å². The van der Waals surface area contributed by atoms with Gasteiger partial charge in [-0.2, -0.15) is 0 Å². The first-order chi connectivity index (χ1) is 8.18. The Balaban J connectivity index is 2.22. The minimum Gasteiger partial charge on any atom is -0.323 e. The Labute approximate surface area is 105 Å². The summed E-state index contributed by atoms with van der Waals surface area (Å²) in [5, 5.41) is 3.64. The number of carbonyl (C=O) groups is 1. The molecular weight excluding hydrogens is 212 g/mol. The molecular formula is C14H26N2O. The van der Waals surface area contributed by atoms with E-state index in [1.54, 1.807) is 0 Å². The van der Waals surface area contributed by atoms with Gasteiger partial charge < -0.3 is 4.90 Å². The van der Waals surface area contributed by atoms with Crippen molar-refractivity contribution >= 4 is 5.91 Å². The lowest BCUT2D eigenvalue weighted by Crippen LogP contribution is -2.45. The van der Waals surface area contributed by atoms with Crippen molar-refractivity contribution in [1.29, 1.82) is 0 Å². The fourth-order valence-electron chi connectivity index (χ4n) is 3.58. The molecule has 1 aliphatic heterocycles. The maximum absolute atomic E-state index is 12.7. The van der Waals surface area contributed by atoms with Crippen LogP contribution >= 0.6 is 0 Å². The average molecular weight is 238 g/mol. The Kier molecular flexibility index (Phi) is 3.76. The van der Waals surface area contributed by atoms with Crippen LogP contribution in [0.2, 0.25) is 0 Å². The highest BCUT2D eigenvalue weighted by atomic mass is 16.2. The van der Waals surface area contributed by atoms with E-state index in [4.69, 9.17) is 0 Å². The van der Waals surface area contributed by atoms with Crippen LogP contribution in [0.15, 0.2) is 0 Å². The molecule has 1 N–H and O–H groups in total. The molecule has 1 spiro atoms. The maximum Gasteiger partial charge on any atom is 0.244 e. The van der Waals surface area contributed by atoms with Crippen LogP contribution in [-0.2, 0) is 4.79 Å². The molecule has 1 aliphatic carbocycles. The molecule has 2 fully saturated rings. The predicted octanol–water partition coefficient (Wildman–Crippen LogP) is 2.66. The Morgan fingerprint density at radius 2 is 1.88 bits per heavy atom. The standard InChI is InChI=1S/C14H26N2O/c1-4-11(5-2)16-12(6-3)15-14(13(16)17)9-7-8-10-14/h11-12,15H,4-10H2,1-3H3. The van der Waals surface area contributed by atoms with E-state index < -0.39 is 0 Å². The van der Waals surface area contributed by atoms with Gasteiger partial charge >= 0.3 is 0 Å². The highest BCUT2D eigenvalue weighted by Crippen LogP contribution is 2.38. The number of amides is 1. The van der Waals surface area contributed by atoms with Crippen LogP contribution in [0, 0.1) is 0 Å². The van der Waals surface area contributed by atoms with Crippen molar-refractivity contribution < 1.29 is 4.79 Å². The molecule has 17 heavy (non-hydrogen) atoms. The van der Waals surface area contributed by atoms with Crippen molar-refractivity contribution in [1.82, 2.24) is 10.2 Å². The molecule has 3 heteroatoms. The smallest absolute Gasteiger partial charge is 0.244 e. The Morgan fingerprint density at radius 1 is 1.29 bits per heavy atom. The molecule has 1 heterocycles. The van der Waals surface area contributed by atoms with Gasteiger partial charge in [0.05, 0.1) is 11.7 Å². The second kappa shape index (κ2) is 4.97. The normalized spacial score (nSPS) is 27.6. The summed E-state index contributed by atoms with van der Waals surface area (Å²) in [6.07, 6.45) is 7.90. The minimum atomic E-state index is -0.191. The van der Waals surface area contributed by atoms with E-state index in [0.29, 0.717) is 11.9 Å². The molecule has 2 aliphatic rings. The van der Waals surface area contributed by atoms with Crippen LogP contribution in [0.4, 0.5) is 0 Å². The first-order valence-corrected chi connectivity index (χ1v) is 7.29. The van der Waals surface area contributed by atoms with Crippen molar-refractivity contribution in [2.75, 3.05) is 0 Å². The molecule has 1 unspecified atom stereocenters. The molecule has 0 aromatic carbocycles. The van der Waals surface area contributed by atoms with E-state index in [-0.39, 0.29) is 11.7 Å². The first-order valence-electron chi connectivity index (χ1n) is 7.29. The molecule has 0 radical (unpaired) electrons. The molecule has 3 nitrogen and oxygen atoms in total. The van der Waals surface area contributed by atoms with Gasteiger partial charge in [-0.3, -0.25) is 10.1 Å². The number of rotatable bonds is 4. The largest absolute Gasteiger partial charge is 0.323 e. The predicted molar refractivity (Wildman–Crippen MR) is 69.6 cm³/mol. The lowest BCUT2D eigenvalue weighted by Gasteiger charge is -2.31. The fourth-order valence-corrected chi connectivity index (χ4v) is 3.58. The van der Waals surface area contributed by atoms with E-state index >= 15 is 0 Å². The van der Waals surface area contributed by atoms with Crippen molar-refractivity contribution in [2.45, 2.75) is 83.5 Å². The summed E-state index contributed by atoms with van der Waals surface area (Å²) in [5.41, 5.74) is -0.191. The molecule has 1 saturated carbocycles. The van der Waals surface area contributed by atoms with Gasteiger partial charge in [0.1, 0.15) is 0 Å². The van der Waals surface area contributed by atoms with Gasteiger partial charge in [0.15, 0.2) is 0 Å². The summed E-state index contributed by atoms with van der Waals surface area (Å²) in [4.78, 5) is 14.9. The van der Waals surface area contributed by atoms with Gasteiger partial charge in [-0.25, -0.2) is 0 Å². The van der Waals surface area contributed by atoms with Crippen LogP contribution in [0.3, 0.4) is 0 Å². The van der Waals surface area contributed by atoms with E-state index in [9.17, 15) is 4.79 Å². The van der Waals surface area contributed by atoms with Crippen molar-refractivity contribution in [3.8, 4) is 0 Å². The molecule has 0 aromatic heterocycles. The van der Waals surface area contributed by atoms with E-state index in [1.165, 1.54) is 12.8 Å². The van der Waals surface area contributed by atoms with E-state index in [0.717, 1.165) is 32.1 Å². The second-order valence-corrected chi connectivity index (χ2v) is 5.54. The monoisotopic (exact) mass is 238 g/mol. The SMILES string of the molecule is CCC(CC)N1C(=O)C2(CCCC2)NC1CC. The Bertz CT molecular complexity index is 280. The maximum atomic E-state index is 12.7. The van der Waals surface area contributed by atoms with Crippen molar-refractivity contribution in [3.63, 3.8) is 0 Å². The first kappa shape index (κ1) is 12.9. The number of nitrogens with one attached hydrogen (secondary N) is 1. The number of nitrogens with zero attached hydrogens (tertiary/aromatic N) is 1. The summed E-state index contributed by atoms with van der Waals surface area (Å²) < 4.78 is 0. The van der Waals surface area contributed by atoms with Gasteiger partial charge in [0.2, 0.25) is 5.91 Å². The lowest BCUT2D eigenvalue weighted by atomic mass is 9.97. The summed E-state index contributed by atoms with van der Waals surface area (Å²) in [5.74, 6) is 0.385. The minimum absolute atomic E-state index is 0.191. The molecule has 1 amide bonds. The zero-order valence-corrected chi connectivity index (χ0v) is 11.5. The number of hydrogen-bond acceptors (Lipinski definition) is 2. The second-order valence-electron chi connectivity index (χ2n) is 5.54. The molecule has 2 rings (SSSR count). The third kappa shape index (κ3) is 1.99. The van der Waals surface area contributed by atoms with Crippen LogP contribution < -0.4 is 5.32 Å². The molecule has 0 bridgehead atoms. The van der Waals surface area contributed by atoms with Gasteiger partial charge in [-0.15, -0.1) is 0 Å². The molecule has 1 atom stereocenters. The van der Waals surface area contributed by atoms with Gasteiger partial charge in [-0.05, 0) is 32.1 Å². The van der Waals surface area contributed by atoms with Crippen LogP contribution in [-0.4, -0.2) is 28.6 Å². The fraction of sp³-hybridized carbons (Fsp3) is 0.929. The van der Waals surface area contributed by atoms with Crippen LogP contribution in [0.5, 0.6) is 0 Å². The average Bonchev–Trinajstić information content (AvgIpc) is 2.91. The third-order valence-corrected chi connectivity index (χ3v) is 4.60. The highest BCUT2D eigenvalue weighted by molar-refractivity contribution is 5.89. The summed E-state index contributed by atoms with van der Waals surface area (Å²) in [7, 11) is 0. The van der Waals surface area contributed by atoms with Gasteiger partial charge in [0.25, 0.3) is 0 Å². The Hall–Kier alpha value is -0.570. The third-order valence-electron chi connectivity index (χ3n) is 4.60. The van der Waals surface area contributed by atoms with E-state index in [2.05, 4.69) is 31.0 Å². The van der Waals surface area contributed by atoms with Gasteiger partial charge in [-0.1, -0.05) is 33.6 Å². The molecule has 98 valence electrons. The van der Waals surface area contributed by atoms with Crippen LogP contribution in [0.1, 0.15) is 65.7 Å². The lowest BCUT2D eigenvalue weighted by molar-refractivity contribution is -0.135. The van der Waals surface area contributed by atoms with Gasteiger partial charge in [0, 0.05) is 6.04 Å². The van der Waals surface area contributed by atoms with Crippen LogP contribution in [0.25, 0.3) is 0 Å². The molecule has 1 saturated heterocycles. The highest BCUT2D eigenvalue weighted by Gasteiger charge is 2.52. The number of hydrogen-bond donors (Lipinski definition) is 1. The van der Waals surface area contributed by atoms with Crippen molar-refractivity contribution in [2.24, 2.45) is 0 Å². The number of carbonyl (C=O) groups excluding carboxylic acids is 1. The molecule has 0 aromatic rings. The topological polar surface area (TPSA) is 32.3 Å².